The maximum atomic E-state index is 11.3. The van der Waals surface area contributed by atoms with Gasteiger partial charge in [0.1, 0.15) is 6.04 Å². The van der Waals surface area contributed by atoms with Gasteiger partial charge in [-0.1, -0.05) is 0 Å². The van der Waals surface area contributed by atoms with E-state index in [1.54, 1.807) is 0 Å². The number of esters is 1. The number of methoxy groups -OCH3 is 2. The Morgan fingerprint density at radius 3 is 2.33 bits per heavy atom. The number of hydrogen-bond donors (Lipinski definition) is 1. The van der Waals surface area contributed by atoms with Crippen molar-refractivity contribution in [3.05, 3.63) is 5.73 Å². The van der Waals surface area contributed by atoms with Gasteiger partial charge in [0.2, 0.25) is 0 Å². The average molecular weight is 395 g/mol. The molecule has 1 radical (unpaired) electrons. The molecule has 0 aromatic heterocycles. The molecular weight excluding hydrogens is 376 g/mol. The zero-order valence-corrected chi connectivity index (χ0v) is 11.9. The van der Waals surface area contributed by atoms with Gasteiger partial charge in [-0.2, -0.15) is 0 Å². The van der Waals surface area contributed by atoms with Crippen LogP contribution in [0.25, 0.3) is 5.73 Å². The molecule has 0 saturated carbocycles. The quantitative estimate of drug-likeness (QED) is 0.669. The largest absolute Gasteiger partial charge is 0.676 e. The first-order chi connectivity index (χ1) is 6.46. The van der Waals surface area contributed by atoms with Gasteiger partial charge in [-0.3, -0.25) is 10.1 Å². The van der Waals surface area contributed by atoms with Crippen molar-refractivity contribution in [3.8, 4) is 0 Å². The van der Waals surface area contributed by atoms with Crippen LogP contribution in [-0.4, -0.2) is 44.9 Å². The van der Waals surface area contributed by atoms with Gasteiger partial charge >= 0.3 is 5.97 Å². The summed E-state index contributed by atoms with van der Waals surface area (Å²) in [6.07, 6.45) is 0. The van der Waals surface area contributed by atoms with Crippen LogP contribution in [0.15, 0.2) is 0 Å². The minimum atomic E-state index is -0.509. The standard InChI is InChI=1S/C9H19N2O3.Ir/c1-9(2,6-10)11-7(5-13-3)8(12)14-4;/h7,10-11H,5-6H2,1-4H3;/q-1;. The van der Waals surface area contributed by atoms with Crippen molar-refractivity contribution in [3.63, 3.8) is 0 Å². The second-order valence-corrected chi connectivity index (χ2v) is 3.74. The number of carbonyl (C=O) groups excluding carboxylic acids is 1. The van der Waals surface area contributed by atoms with E-state index in [0.29, 0.717) is 0 Å². The first-order valence-electron chi connectivity index (χ1n) is 4.46. The molecular formula is C9H19IrN2O3-. The summed E-state index contributed by atoms with van der Waals surface area (Å²) in [7, 11) is 2.85. The Balaban J connectivity index is 0. The van der Waals surface area contributed by atoms with Gasteiger partial charge < -0.3 is 15.2 Å². The maximum absolute atomic E-state index is 11.3. The van der Waals surface area contributed by atoms with Crippen LogP contribution in [0.5, 0.6) is 0 Å². The molecule has 1 atom stereocenters. The van der Waals surface area contributed by atoms with Gasteiger partial charge in [-0.25, -0.2) is 0 Å². The minimum Gasteiger partial charge on any atom is -0.676 e. The molecule has 0 heterocycles. The van der Waals surface area contributed by atoms with Crippen molar-refractivity contribution in [1.29, 1.82) is 0 Å². The Hall–Kier alpha value is -0.000649. The zero-order chi connectivity index (χ0) is 11.2. The number of carbonyl (C=O) groups is 1. The van der Waals surface area contributed by atoms with Gasteiger partial charge in [0, 0.05) is 27.2 Å². The van der Waals surface area contributed by atoms with Gasteiger partial charge in [0.25, 0.3) is 0 Å². The van der Waals surface area contributed by atoms with Crippen molar-refractivity contribution in [2.45, 2.75) is 25.4 Å². The van der Waals surface area contributed by atoms with Crippen LogP contribution in [0.1, 0.15) is 13.8 Å². The molecule has 0 aromatic rings. The molecule has 0 saturated heterocycles. The van der Waals surface area contributed by atoms with Crippen molar-refractivity contribution in [2.24, 2.45) is 0 Å². The SMILES string of the molecule is COCC(NC(C)(C)C[NH-])C(=O)OC.[Ir]. The van der Waals surface area contributed by atoms with E-state index in [1.165, 1.54) is 14.2 Å². The molecule has 0 aromatic carbocycles. The summed E-state index contributed by atoms with van der Waals surface area (Å²) in [4.78, 5) is 11.3. The fourth-order valence-corrected chi connectivity index (χ4v) is 1.00. The van der Waals surface area contributed by atoms with E-state index >= 15 is 0 Å². The predicted octanol–water partition coefficient (Wildman–Crippen LogP) is 0.592. The molecule has 6 heteroatoms. The molecule has 93 valence electrons. The predicted molar refractivity (Wildman–Crippen MR) is 54.1 cm³/mol. The average Bonchev–Trinajstić information content (AvgIpc) is 2.16. The fourth-order valence-electron chi connectivity index (χ4n) is 1.00. The Morgan fingerprint density at radius 1 is 1.47 bits per heavy atom. The van der Waals surface area contributed by atoms with Crippen LogP contribution in [0.4, 0.5) is 0 Å². The molecule has 0 bridgehead atoms. The Bertz CT molecular complexity index is 188. The van der Waals surface area contributed by atoms with E-state index in [4.69, 9.17) is 10.5 Å². The van der Waals surface area contributed by atoms with Gasteiger partial charge in [-0.05, 0) is 19.4 Å². The summed E-state index contributed by atoms with van der Waals surface area (Å²) >= 11 is 0. The van der Waals surface area contributed by atoms with Crippen LogP contribution in [0.3, 0.4) is 0 Å². The molecule has 0 aliphatic rings. The number of nitrogens with one attached hydrogen (secondary N) is 2. The zero-order valence-electron chi connectivity index (χ0n) is 9.55. The summed E-state index contributed by atoms with van der Waals surface area (Å²) in [5.74, 6) is -0.367. The van der Waals surface area contributed by atoms with E-state index in [-0.39, 0.29) is 39.2 Å². The third kappa shape index (κ3) is 6.98. The molecule has 0 spiro atoms. The second kappa shape index (κ2) is 8.19. The van der Waals surface area contributed by atoms with Crippen LogP contribution < -0.4 is 5.32 Å². The van der Waals surface area contributed by atoms with E-state index in [9.17, 15) is 4.79 Å². The van der Waals surface area contributed by atoms with Gasteiger partial charge in [0.05, 0.1) is 13.7 Å². The molecule has 0 amide bonds. The fraction of sp³-hybridized carbons (Fsp3) is 0.889. The molecule has 15 heavy (non-hydrogen) atoms. The topological polar surface area (TPSA) is 71.4 Å². The first kappa shape index (κ1) is 17.4. The normalized spacial score (nSPS) is 12.9. The molecule has 0 aliphatic carbocycles. The molecule has 2 N–H and O–H groups in total. The molecule has 0 aliphatic heterocycles. The monoisotopic (exact) mass is 396 g/mol. The van der Waals surface area contributed by atoms with Crippen LogP contribution in [0, 0.1) is 0 Å². The van der Waals surface area contributed by atoms with E-state index in [2.05, 4.69) is 10.1 Å². The molecule has 0 rings (SSSR count). The van der Waals surface area contributed by atoms with Crippen molar-refractivity contribution < 1.29 is 34.4 Å². The Kier molecular flexibility index (Phi) is 9.49. The summed E-state index contributed by atoms with van der Waals surface area (Å²) < 4.78 is 9.51. The van der Waals surface area contributed by atoms with Crippen LogP contribution >= 0.6 is 0 Å². The first-order valence-corrected chi connectivity index (χ1v) is 4.46. The minimum absolute atomic E-state index is 0. The Morgan fingerprint density at radius 2 is 2.00 bits per heavy atom. The van der Waals surface area contributed by atoms with Crippen LogP contribution in [0.2, 0.25) is 0 Å². The third-order valence-electron chi connectivity index (χ3n) is 1.83. The summed E-state index contributed by atoms with van der Waals surface area (Å²) in [6, 6.07) is -0.509. The number of ether oxygens (including phenoxy) is 2. The van der Waals surface area contributed by atoms with Gasteiger partial charge in [-0.15, -0.1) is 6.54 Å². The van der Waals surface area contributed by atoms with Crippen molar-refractivity contribution >= 4 is 5.97 Å². The van der Waals surface area contributed by atoms with Crippen molar-refractivity contribution in [2.75, 3.05) is 27.4 Å². The van der Waals surface area contributed by atoms with E-state index in [1.807, 2.05) is 13.8 Å². The second-order valence-electron chi connectivity index (χ2n) is 3.74. The molecule has 1 unspecified atom stereocenters. The van der Waals surface area contributed by atoms with E-state index < -0.39 is 11.6 Å². The summed E-state index contributed by atoms with van der Waals surface area (Å²) in [6.45, 7) is 4.14. The maximum Gasteiger partial charge on any atom is 0.325 e. The number of hydrogen-bond acceptors (Lipinski definition) is 4. The summed E-state index contributed by atoms with van der Waals surface area (Å²) in [5.41, 5.74) is 6.85. The van der Waals surface area contributed by atoms with Crippen molar-refractivity contribution in [1.82, 2.24) is 5.32 Å². The summed E-state index contributed by atoms with van der Waals surface area (Å²) in [5, 5.41) is 3.01. The molecule has 0 fully saturated rings. The molecule has 5 nitrogen and oxygen atoms in total. The third-order valence-corrected chi connectivity index (χ3v) is 1.83. The van der Waals surface area contributed by atoms with Crippen LogP contribution in [-0.2, 0) is 34.4 Å². The van der Waals surface area contributed by atoms with Gasteiger partial charge in [0.15, 0.2) is 0 Å². The smallest absolute Gasteiger partial charge is 0.325 e. The van der Waals surface area contributed by atoms with E-state index in [0.717, 1.165) is 0 Å². The number of rotatable bonds is 6. The Labute approximate surface area is 104 Å².